The number of non-ortho nitro benzene ring substituents is 1. The van der Waals surface area contributed by atoms with E-state index < -0.39 is 4.92 Å². The van der Waals surface area contributed by atoms with Crippen LogP contribution in [-0.4, -0.2) is 25.5 Å². The Bertz CT molecular complexity index is 886. The fraction of sp³-hybridized carbons (Fsp3) is 0.0833. The lowest BCUT2D eigenvalue weighted by Gasteiger charge is -1.99. The van der Waals surface area contributed by atoms with Gasteiger partial charge in [-0.25, -0.2) is 4.98 Å². The number of rotatable bonds is 3. The molecule has 0 bridgehead atoms. The van der Waals surface area contributed by atoms with E-state index in [9.17, 15) is 14.9 Å². The maximum absolute atomic E-state index is 11.9. The molecular weight excluding hydrogens is 312 g/mol. The summed E-state index contributed by atoms with van der Waals surface area (Å²) in [6, 6.07) is 6.02. The molecule has 0 aliphatic rings. The van der Waals surface area contributed by atoms with Crippen LogP contribution in [0.4, 0.5) is 5.69 Å². The van der Waals surface area contributed by atoms with Gasteiger partial charge in [0, 0.05) is 17.7 Å². The van der Waals surface area contributed by atoms with Gasteiger partial charge >= 0.3 is 0 Å². The van der Waals surface area contributed by atoms with Gasteiger partial charge in [-0.2, -0.15) is 4.37 Å². The van der Waals surface area contributed by atoms with Crippen LogP contribution < -0.4 is 5.56 Å². The largest absolute Gasteiger partial charge is 0.300 e. The standard InChI is InChI=1S/C12H8N4O3S2/c1-20-12-13-9-8(15-21-10(9)11(17)14-12)6-2-4-7(5-3-6)16(18)19/h2-5H,1H3,(H,13,14,17). The van der Waals surface area contributed by atoms with E-state index in [2.05, 4.69) is 14.3 Å². The molecule has 0 radical (unpaired) electrons. The Morgan fingerprint density at radius 3 is 2.67 bits per heavy atom. The van der Waals surface area contributed by atoms with Crippen molar-refractivity contribution in [2.75, 3.05) is 6.26 Å². The highest BCUT2D eigenvalue weighted by Gasteiger charge is 2.15. The van der Waals surface area contributed by atoms with Crippen molar-refractivity contribution in [3.8, 4) is 11.3 Å². The number of H-pyrrole nitrogens is 1. The molecule has 1 N–H and O–H groups in total. The summed E-state index contributed by atoms with van der Waals surface area (Å²) in [5.74, 6) is 0. The summed E-state index contributed by atoms with van der Waals surface area (Å²) < 4.78 is 4.70. The Morgan fingerprint density at radius 1 is 1.33 bits per heavy atom. The number of nitrogens with one attached hydrogen (secondary N) is 1. The van der Waals surface area contributed by atoms with Crippen LogP contribution in [-0.2, 0) is 0 Å². The number of hydrogen-bond acceptors (Lipinski definition) is 7. The van der Waals surface area contributed by atoms with Gasteiger partial charge in [0.25, 0.3) is 11.2 Å². The molecule has 9 heteroatoms. The van der Waals surface area contributed by atoms with Gasteiger partial charge < -0.3 is 4.98 Å². The molecule has 0 amide bonds. The minimum Gasteiger partial charge on any atom is -0.300 e. The first kappa shape index (κ1) is 13.7. The normalized spacial score (nSPS) is 10.9. The number of fused-ring (bicyclic) bond motifs is 1. The molecule has 0 unspecified atom stereocenters. The molecule has 0 spiro atoms. The van der Waals surface area contributed by atoms with Crippen molar-refractivity contribution in [2.24, 2.45) is 0 Å². The minimum atomic E-state index is -0.461. The molecule has 0 saturated heterocycles. The van der Waals surface area contributed by atoms with E-state index in [0.717, 1.165) is 11.5 Å². The number of nitro benzene ring substituents is 1. The second kappa shape index (κ2) is 5.26. The summed E-state index contributed by atoms with van der Waals surface area (Å²) in [6.07, 6.45) is 1.81. The first-order chi connectivity index (χ1) is 10.1. The lowest BCUT2D eigenvalue weighted by Crippen LogP contribution is -2.07. The van der Waals surface area contributed by atoms with Crippen LogP contribution >= 0.6 is 23.3 Å². The van der Waals surface area contributed by atoms with Crippen LogP contribution in [0, 0.1) is 10.1 Å². The van der Waals surface area contributed by atoms with E-state index >= 15 is 0 Å². The Balaban J connectivity index is 2.18. The van der Waals surface area contributed by atoms with Crippen LogP contribution in [0.15, 0.2) is 34.2 Å². The average Bonchev–Trinajstić information content (AvgIpc) is 2.91. The van der Waals surface area contributed by atoms with Gasteiger partial charge in [0.1, 0.15) is 15.9 Å². The second-order valence-electron chi connectivity index (χ2n) is 4.09. The number of nitrogens with zero attached hydrogens (tertiary/aromatic N) is 3. The van der Waals surface area contributed by atoms with E-state index in [1.807, 2.05) is 6.26 Å². The highest BCUT2D eigenvalue weighted by Crippen LogP contribution is 2.29. The Morgan fingerprint density at radius 2 is 2.05 bits per heavy atom. The number of nitro groups is 1. The zero-order valence-electron chi connectivity index (χ0n) is 10.7. The van der Waals surface area contributed by atoms with Gasteiger partial charge in [0.2, 0.25) is 0 Å². The van der Waals surface area contributed by atoms with Gasteiger partial charge in [-0.1, -0.05) is 11.8 Å². The predicted molar refractivity (Wildman–Crippen MR) is 81.9 cm³/mol. The lowest BCUT2D eigenvalue weighted by atomic mass is 10.1. The zero-order valence-corrected chi connectivity index (χ0v) is 12.3. The van der Waals surface area contributed by atoms with Crippen LogP contribution in [0.3, 0.4) is 0 Å². The first-order valence-electron chi connectivity index (χ1n) is 5.78. The third kappa shape index (κ3) is 2.41. The second-order valence-corrected chi connectivity index (χ2v) is 5.66. The van der Waals surface area contributed by atoms with Gasteiger partial charge in [-0.05, 0) is 29.9 Å². The van der Waals surface area contributed by atoms with E-state index in [-0.39, 0.29) is 11.2 Å². The van der Waals surface area contributed by atoms with Gasteiger partial charge in [0.15, 0.2) is 5.16 Å². The average molecular weight is 320 g/mol. The van der Waals surface area contributed by atoms with Crippen molar-refractivity contribution in [1.82, 2.24) is 14.3 Å². The fourth-order valence-corrected chi connectivity index (χ4v) is 2.96. The summed E-state index contributed by atoms with van der Waals surface area (Å²) in [5, 5.41) is 11.2. The highest BCUT2D eigenvalue weighted by molar-refractivity contribution is 7.98. The van der Waals surface area contributed by atoms with Crippen molar-refractivity contribution in [2.45, 2.75) is 5.16 Å². The molecule has 106 valence electrons. The molecule has 0 aliphatic carbocycles. The predicted octanol–water partition coefficient (Wildman–Crippen LogP) is 2.68. The molecule has 0 atom stereocenters. The third-order valence-corrected chi connectivity index (χ3v) is 4.27. The topological polar surface area (TPSA) is 102 Å². The Kier molecular flexibility index (Phi) is 3.43. The molecule has 1 aromatic carbocycles. The summed E-state index contributed by atoms with van der Waals surface area (Å²) in [5.41, 5.74) is 1.55. The molecule has 21 heavy (non-hydrogen) atoms. The minimum absolute atomic E-state index is 0.00824. The van der Waals surface area contributed by atoms with Crippen molar-refractivity contribution in [3.05, 3.63) is 44.7 Å². The molecule has 0 aliphatic heterocycles. The van der Waals surface area contributed by atoms with E-state index in [1.165, 1.54) is 23.9 Å². The maximum atomic E-state index is 11.9. The molecule has 3 rings (SSSR count). The summed E-state index contributed by atoms with van der Waals surface area (Å²) in [7, 11) is 0. The van der Waals surface area contributed by atoms with Gasteiger partial charge in [-0.3, -0.25) is 14.9 Å². The summed E-state index contributed by atoms with van der Waals surface area (Å²) >= 11 is 2.40. The van der Waals surface area contributed by atoms with Crippen LogP contribution in [0.2, 0.25) is 0 Å². The monoisotopic (exact) mass is 320 g/mol. The SMILES string of the molecule is CSc1nc2c(-c3ccc([N+](=O)[O-])cc3)nsc2c(=O)[nH]1. The zero-order chi connectivity index (χ0) is 15.0. The Hall–Kier alpha value is -2.26. The molecule has 0 fully saturated rings. The van der Waals surface area contributed by atoms with E-state index in [4.69, 9.17) is 0 Å². The summed E-state index contributed by atoms with van der Waals surface area (Å²) in [6.45, 7) is 0. The van der Waals surface area contributed by atoms with E-state index in [0.29, 0.717) is 26.6 Å². The molecule has 3 aromatic rings. The molecule has 7 nitrogen and oxygen atoms in total. The molecule has 2 heterocycles. The lowest BCUT2D eigenvalue weighted by molar-refractivity contribution is -0.384. The van der Waals surface area contributed by atoms with Gasteiger partial charge in [0.05, 0.1) is 4.92 Å². The van der Waals surface area contributed by atoms with Gasteiger partial charge in [-0.15, -0.1) is 0 Å². The van der Waals surface area contributed by atoms with E-state index in [1.54, 1.807) is 12.1 Å². The smallest absolute Gasteiger partial charge is 0.271 e. The van der Waals surface area contributed by atoms with Crippen molar-refractivity contribution in [1.29, 1.82) is 0 Å². The highest BCUT2D eigenvalue weighted by atomic mass is 32.2. The van der Waals surface area contributed by atoms with Crippen molar-refractivity contribution in [3.63, 3.8) is 0 Å². The summed E-state index contributed by atoms with van der Waals surface area (Å²) in [4.78, 5) is 29.2. The Labute approximate surface area is 126 Å². The molecular formula is C12H8N4O3S2. The number of aromatic nitrogens is 3. The number of thioether (sulfide) groups is 1. The van der Waals surface area contributed by atoms with Crippen LogP contribution in [0.25, 0.3) is 21.5 Å². The van der Waals surface area contributed by atoms with Crippen molar-refractivity contribution < 1.29 is 4.92 Å². The first-order valence-corrected chi connectivity index (χ1v) is 7.78. The van der Waals surface area contributed by atoms with Crippen molar-refractivity contribution >= 4 is 39.2 Å². The van der Waals surface area contributed by atoms with Crippen LogP contribution in [0.1, 0.15) is 0 Å². The fourth-order valence-electron chi connectivity index (χ4n) is 1.85. The number of hydrogen-bond donors (Lipinski definition) is 1. The quantitative estimate of drug-likeness (QED) is 0.344. The third-order valence-electron chi connectivity index (χ3n) is 2.85. The van der Waals surface area contributed by atoms with Crippen LogP contribution in [0.5, 0.6) is 0 Å². The number of aromatic amines is 1. The molecule has 0 saturated carbocycles. The maximum Gasteiger partial charge on any atom is 0.271 e. The molecule has 2 aromatic heterocycles. The number of benzene rings is 1.